The average Bonchev–Trinajstić information content (AvgIpc) is 2.57. The summed E-state index contributed by atoms with van der Waals surface area (Å²) in [6, 6.07) is 5.84. The van der Waals surface area contributed by atoms with Crippen LogP contribution in [0.15, 0.2) is 29.2 Å². The normalized spacial score (nSPS) is 12.2. The standard InChI is InChI=1S/C17H16F5NO2S/c1-9(2)23(8-11-6-4-10(3)5-7-11)26(24,25)17-15(21)13(19)12(18)14(20)16(17)22/h4-7,9H,8H2,1-3H3. The highest BCUT2D eigenvalue weighted by molar-refractivity contribution is 7.89. The van der Waals surface area contributed by atoms with Crippen molar-refractivity contribution < 1.29 is 30.4 Å². The average molecular weight is 393 g/mol. The number of hydrogen-bond acceptors (Lipinski definition) is 2. The molecule has 0 heterocycles. The molecule has 3 nitrogen and oxygen atoms in total. The van der Waals surface area contributed by atoms with Crippen molar-refractivity contribution in [2.45, 2.75) is 38.3 Å². The van der Waals surface area contributed by atoms with Gasteiger partial charge in [0.1, 0.15) is 0 Å². The molecule has 2 aromatic rings. The maximum absolute atomic E-state index is 14.0. The second-order valence-electron chi connectivity index (χ2n) is 6.03. The van der Waals surface area contributed by atoms with Crippen LogP contribution in [0.2, 0.25) is 0 Å². The minimum absolute atomic E-state index is 0.292. The van der Waals surface area contributed by atoms with Gasteiger partial charge in [-0.3, -0.25) is 0 Å². The van der Waals surface area contributed by atoms with Crippen LogP contribution in [0, 0.1) is 36.0 Å². The van der Waals surface area contributed by atoms with Gasteiger partial charge in [-0.05, 0) is 26.3 Å². The van der Waals surface area contributed by atoms with Crippen molar-refractivity contribution in [3.8, 4) is 0 Å². The number of sulfonamides is 1. The van der Waals surface area contributed by atoms with Crippen LogP contribution in [-0.2, 0) is 16.6 Å². The Hall–Kier alpha value is -2.00. The SMILES string of the molecule is Cc1ccc(CN(C(C)C)S(=O)(=O)c2c(F)c(F)c(F)c(F)c2F)cc1. The van der Waals surface area contributed by atoms with E-state index in [1.807, 2.05) is 6.92 Å². The second-order valence-corrected chi connectivity index (χ2v) is 7.86. The monoisotopic (exact) mass is 393 g/mol. The Morgan fingerprint density at radius 3 is 1.69 bits per heavy atom. The van der Waals surface area contributed by atoms with E-state index in [4.69, 9.17) is 0 Å². The third-order valence-corrected chi connectivity index (χ3v) is 5.81. The van der Waals surface area contributed by atoms with E-state index in [9.17, 15) is 30.4 Å². The summed E-state index contributed by atoms with van der Waals surface area (Å²) in [5.74, 6) is -11.8. The molecule has 0 atom stereocenters. The predicted molar refractivity (Wildman–Crippen MR) is 85.3 cm³/mol. The van der Waals surface area contributed by atoms with E-state index in [0.29, 0.717) is 9.87 Å². The quantitative estimate of drug-likeness (QED) is 0.432. The van der Waals surface area contributed by atoms with Gasteiger partial charge in [-0.1, -0.05) is 29.8 Å². The molecule has 2 aromatic carbocycles. The highest BCUT2D eigenvalue weighted by atomic mass is 32.2. The molecule has 142 valence electrons. The Morgan fingerprint density at radius 1 is 0.846 bits per heavy atom. The first kappa shape index (κ1) is 20.3. The molecule has 0 spiro atoms. The van der Waals surface area contributed by atoms with Crippen molar-refractivity contribution in [3.63, 3.8) is 0 Å². The van der Waals surface area contributed by atoms with Crippen LogP contribution in [-0.4, -0.2) is 18.8 Å². The molecule has 0 saturated carbocycles. The van der Waals surface area contributed by atoms with Crippen LogP contribution < -0.4 is 0 Å². The summed E-state index contributed by atoms with van der Waals surface area (Å²) < 4.78 is 94.1. The number of hydrogen-bond donors (Lipinski definition) is 0. The smallest absolute Gasteiger partial charge is 0.207 e. The van der Waals surface area contributed by atoms with Gasteiger partial charge in [0.25, 0.3) is 0 Å². The molecule has 0 aliphatic carbocycles. The molecule has 26 heavy (non-hydrogen) atoms. The van der Waals surface area contributed by atoms with Crippen LogP contribution in [0.5, 0.6) is 0 Å². The maximum Gasteiger partial charge on any atom is 0.249 e. The fourth-order valence-electron chi connectivity index (χ4n) is 2.35. The Bertz CT molecular complexity index is 898. The lowest BCUT2D eigenvalue weighted by Crippen LogP contribution is -2.37. The summed E-state index contributed by atoms with van der Waals surface area (Å²) in [6.07, 6.45) is 0. The minimum Gasteiger partial charge on any atom is -0.207 e. The zero-order chi connectivity index (χ0) is 19.8. The van der Waals surface area contributed by atoms with Crippen molar-refractivity contribution >= 4 is 10.0 Å². The van der Waals surface area contributed by atoms with Crippen molar-refractivity contribution in [2.24, 2.45) is 0 Å². The molecule has 0 aliphatic heterocycles. The predicted octanol–water partition coefficient (Wildman–Crippen LogP) is 4.29. The van der Waals surface area contributed by atoms with Gasteiger partial charge >= 0.3 is 0 Å². The molecule has 0 aromatic heterocycles. The van der Waals surface area contributed by atoms with Crippen molar-refractivity contribution in [1.82, 2.24) is 4.31 Å². The maximum atomic E-state index is 14.0. The summed E-state index contributed by atoms with van der Waals surface area (Å²) in [7, 11) is -5.00. The van der Waals surface area contributed by atoms with Crippen molar-refractivity contribution in [3.05, 3.63) is 64.5 Å². The topological polar surface area (TPSA) is 37.4 Å². The van der Waals surface area contributed by atoms with E-state index >= 15 is 0 Å². The van der Waals surface area contributed by atoms with Gasteiger partial charge in [0.05, 0.1) is 0 Å². The lowest BCUT2D eigenvalue weighted by molar-refractivity contribution is 0.328. The Kier molecular flexibility index (Phi) is 5.72. The van der Waals surface area contributed by atoms with Crippen LogP contribution in [0.4, 0.5) is 22.0 Å². The van der Waals surface area contributed by atoms with Crippen LogP contribution in [0.3, 0.4) is 0 Å². The van der Waals surface area contributed by atoms with Gasteiger partial charge in [-0.25, -0.2) is 30.4 Å². The molecule has 0 amide bonds. The first-order valence-corrected chi connectivity index (χ1v) is 9.01. The van der Waals surface area contributed by atoms with Gasteiger partial charge in [0.2, 0.25) is 15.8 Å². The number of aryl methyl sites for hydroxylation is 1. The highest BCUT2D eigenvalue weighted by Crippen LogP contribution is 2.30. The molecule has 9 heteroatoms. The molecule has 0 fully saturated rings. The molecule has 0 saturated heterocycles. The third-order valence-electron chi connectivity index (χ3n) is 3.77. The lowest BCUT2D eigenvalue weighted by Gasteiger charge is -2.26. The molecular weight excluding hydrogens is 377 g/mol. The van der Waals surface area contributed by atoms with E-state index in [2.05, 4.69) is 0 Å². The van der Waals surface area contributed by atoms with Gasteiger partial charge < -0.3 is 0 Å². The minimum atomic E-state index is -5.00. The van der Waals surface area contributed by atoms with Crippen LogP contribution in [0.1, 0.15) is 25.0 Å². The first-order chi connectivity index (χ1) is 12.0. The summed E-state index contributed by atoms with van der Waals surface area (Å²) in [6.45, 7) is 4.38. The zero-order valence-corrected chi connectivity index (χ0v) is 15.0. The molecule has 0 aliphatic rings. The Labute approximate surface area is 148 Å². The summed E-state index contributed by atoms with van der Waals surface area (Å²) in [4.78, 5) is -1.85. The molecule has 0 unspecified atom stereocenters. The van der Waals surface area contributed by atoms with Gasteiger partial charge in [0, 0.05) is 12.6 Å². The van der Waals surface area contributed by atoms with Gasteiger partial charge in [-0.15, -0.1) is 0 Å². The van der Waals surface area contributed by atoms with Crippen molar-refractivity contribution in [1.29, 1.82) is 0 Å². The number of halogens is 5. The second kappa shape index (κ2) is 7.32. The van der Waals surface area contributed by atoms with Crippen molar-refractivity contribution in [2.75, 3.05) is 0 Å². The molecule has 0 bridgehead atoms. The highest BCUT2D eigenvalue weighted by Gasteiger charge is 2.38. The Morgan fingerprint density at radius 2 is 1.27 bits per heavy atom. The molecule has 2 rings (SSSR count). The lowest BCUT2D eigenvalue weighted by atomic mass is 10.1. The zero-order valence-electron chi connectivity index (χ0n) is 14.2. The summed E-state index contributed by atoms with van der Waals surface area (Å²) in [5.41, 5.74) is 1.41. The van der Waals surface area contributed by atoms with Crippen LogP contribution in [0.25, 0.3) is 0 Å². The number of nitrogens with zero attached hydrogens (tertiary/aromatic N) is 1. The van der Waals surface area contributed by atoms with Gasteiger partial charge in [0.15, 0.2) is 28.2 Å². The fourth-order valence-corrected chi connectivity index (χ4v) is 4.09. The van der Waals surface area contributed by atoms with Gasteiger partial charge in [-0.2, -0.15) is 4.31 Å². The summed E-state index contributed by atoms with van der Waals surface area (Å²) >= 11 is 0. The first-order valence-electron chi connectivity index (χ1n) is 7.57. The molecular formula is C17H16F5NO2S. The van der Waals surface area contributed by atoms with E-state index in [1.54, 1.807) is 24.3 Å². The van der Waals surface area contributed by atoms with E-state index in [-0.39, 0.29) is 6.54 Å². The van der Waals surface area contributed by atoms with E-state index < -0.39 is 50.0 Å². The van der Waals surface area contributed by atoms with Crippen LogP contribution >= 0.6 is 0 Å². The van der Waals surface area contributed by atoms with E-state index in [1.165, 1.54) is 13.8 Å². The summed E-state index contributed by atoms with van der Waals surface area (Å²) in [5, 5.41) is 0. The Balaban J connectivity index is 2.61. The number of rotatable bonds is 5. The third kappa shape index (κ3) is 3.59. The molecule has 0 N–H and O–H groups in total. The van der Waals surface area contributed by atoms with E-state index in [0.717, 1.165) is 5.56 Å². The number of benzene rings is 2. The molecule has 0 radical (unpaired) electrons. The fraction of sp³-hybridized carbons (Fsp3) is 0.294. The largest absolute Gasteiger partial charge is 0.249 e.